The summed E-state index contributed by atoms with van der Waals surface area (Å²) in [6, 6.07) is 9.94. The van der Waals surface area contributed by atoms with Gasteiger partial charge in [0.15, 0.2) is 0 Å². The van der Waals surface area contributed by atoms with E-state index in [1.807, 2.05) is 30.3 Å². The van der Waals surface area contributed by atoms with Crippen molar-refractivity contribution in [2.24, 2.45) is 0 Å². The van der Waals surface area contributed by atoms with Gasteiger partial charge in [-0.3, -0.25) is 4.79 Å². The highest BCUT2D eigenvalue weighted by Gasteiger charge is 1.99. The average molecular weight is 281 g/mol. The number of rotatable bonds is 5. The van der Waals surface area contributed by atoms with Crippen LogP contribution in [0.4, 0.5) is 0 Å². The molecule has 3 nitrogen and oxygen atoms in total. The molecule has 1 N–H and O–H groups in total. The van der Waals surface area contributed by atoms with Gasteiger partial charge >= 0.3 is 0 Å². The Kier molecular flexibility index (Phi) is 5.58. The van der Waals surface area contributed by atoms with Crippen molar-refractivity contribution in [3.8, 4) is 6.07 Å². The highest BCUT2D eigenvalue weighted by Crippen LogP contribution is 2.10. The first-order valence-corrected chi connectivity index (χ1v) is 5.90. The third kappa shape index (κ3) is 4.94. The van der Waals surface area contributed by atoms with E-state index in [-0.39, 0.29) is 18.7 Å². The Morgan fingerprint density at radius 2 is 2.06 bits per heavy atom. The van der Waals surface area contributed by atoms with Gasteiger partial charge in [-0.05, 0) is 24.1 Å². The lowest BCUT2D eigenvalue weighted by molar-refractivity contribution is -0.120. The monoisotopic (exact) mass is 280 g/mol. The molecule has 1 aromatic carbocycles. The minimum atomic E-state index is -0.0568. The number of carbonyl (C=O) groups excluding carboxylic acids is 1. The summed E-state index contributed by atoms with van der Waals surface area (Å²) in [5.74, 6) is -0.0568. The molecule has 0 radical (unpaired) electrons. The van der Waals surface area contributed by atoms with Crippen molar-refractivity contribution in [3.05, 3.63) is 34.3 Å². The zero-order valence-corrected chi connectivity index (χ0v) is 10.5. The van der Waals surface area contributed by atoms with Crippen molar-refractivity contribution >= 4 is 21.8 Å². The van der Waals surface area contributed by atoms with Gasteiger partial charge < -0.3 is 5.32 Å². The van der Waals surface area contributed by atoms with Crippen LogP contribution in [0.2, 0.25) is 0 Å². The molecule has 4 heteroatoms. The molecule has 84 valence electrons. The largest absolute Gasteiger partial charge is 0.356 e. The molecule has 16 heavy (non-hydrogen) atoms. The lowest BCUT2D eigenvalue weighted by atomic mass is 10.1. The fourth-order valence-corrected chi connectivity index (χ4v) is 1.52. The minimum absolute atomic E-state index is 0.0568. The van der Waals surface area contributed by atoms with Crippen LogP contribution in [-0.2, 0) is 11.2 Å². The fraction of sp³-hybridized carbons (Fsp3) is 0.333. The molecule has 0 heterocycles. The van der Waals surface area contributed by atoms with Crippen LogP contribution in [0.3, 0.4) is 0 Å². The summed E-state index contributed by atoms with van der Waals surface area (Å²) in [5, 5.41) is 11.1. The third-order valence-electron chi connectivity index (χ3n) is 2.11. The number of halogens is 1. The maximum atomic E-state index is 11.2. The molecule has 0 fully saturated rings. The Morgan fingerprint density at radius 1 is 1.38 bits per heavy atom. The maximum Gasteiger partial charge on any atom is 0.221 e. The van der Waals surface area contributed by atoms with E-state index in [0.29, 0.717) is 6.54 Å². The Labute approximate surface area is 104 Å². The summed E-state index contributed by atoms with van der Waals surface area (Å²) >= 11 is 3.36. The lowest BCUT2D eigenvalue weighted by Crippen LogP contribution is -2.25. The molecule has 0 spiro atoms. The van der Waals surface area contributed by atoms with E-state index >= 15 is 0 Å². The van der Waals surface area contributed by atoms with Gasteiger partial charge in [-0.25, -0.2) is 0 Å². The first-order valence-electron chi connectivity index (χ1n) is 5.10. The summed E-state index contributed by atoms with van der Waals surface area (Å²) in [6.45, 7) is 0.617. The normalized spacial score (nSPS) is 9.50. The van der Waals surface area contributed by atoms with Crippen molar-refractivity contribution in [2.75, 3.05) is 6.54 Å². The van der Waals surface area contributed by atoms with Crippen molar-refractivity contribution in [1.82, 2.24) is 5.32 Å². The highest BCUT2D eigenvalue weighted by molar-refractivity contribution is 9.10. The number of benzene rings is 1. The van der Waals surface area contributed by atoms with Gasteiger partial charge in [0.1, 0.15) is 0 Å². The molecule has 0 saturated carbocycles. The molecule has 0 unspecified atom stereocenters. The molecule has 0 atom stereocenters. The average Bonchev–Trinajstić information content (AvgIpc) is 2.29. The zero-order valence-electron chi connectivity index (χ0n) is 8.87. The Bertz CT molecular complexity index is 381. The van der Waals surface area contributed by atoms with Gasteiger partial charge in [-0.15, -0.1) is 0 Å². The van der Waals surface area contributed by atoms with E-state index < -0.39 is 0 Å². The number of hydrogen-bond donors (Lipinski definition) is 1. The number of amides is 1. The Hall–Kier alpha value is -1.34. The van der Waals surface area contributed by atoms with E-state index in [1.165, 1.54) is 5.56 Å². The third-order valence-corrected chi connectivity index (χ3v) is 2.64. The molecule has 1 aromatic rings. The van der Waals surface area contributed by atoms with Gasteiger partial charge in [-0.2, -0.15) is 5.26 Å². The molecule has 0 bridgehead atoms. The van der Waals surface area contributed by atoms with Gasteiger partial charge in [0, 0.05) is 23.9 Å². The molecular formula is C12H13BrN2O. The van der Waals surface area contributed by atoms with E-state index in [9.17, 15) is 4.79 Å². The van der Waals surface area contributed by atoms with Crippen LogP contribution >= 0.6 is 15.9 Å². The number of nitrogens with zero attached hydrogens (tertiary/aromatic N) is 1. The number of hydrogen-bond acceptors (Lipinski definition) is 2. The molecule has 0 aliphatic carbocycles. The van der Waals surface area contributed by atoms with E-state index in [4.69, 9.17) is 5.26 Å². The number of nitriles is 1. The lowest BCUT2D eigenvalue weighted by Gasteiger charge is -2.04. The smallest absolute Gasteiger partial charge is 0.221 e. The van der Waals surface area contributed by atoms with Crippen molar-refractivity contribution in [2.45, 2.75) is 19.3 Å². The molecule has 1 amide bonds. The summed E-state index contributed by atoms with van der Waals surface area (Å²) in [7, 11) is 0. The van der Waals surface area contributed by atoms with Crippen LogP contribution in [0, 0.1) is 11.3 Å². The van der Waals surface area contributed by atoms with Gasteiger partial charge in [0.2, 0.25) is 5.91 Å². The van der Waals surface area contributed by atoms with Gasteiger partial charge in [0.05, 0.1) is 6.07 Å². The van der Waals surface area contributed by atoms with E-state index in [1.54, 1.807) is 0 Å². The second-order valence-corrected chi connectivity index (χ2v) is 4.30. The first-order chi connectivity index (χ1) is 7.72. The van der Waals surface area contributed by atoms with Gasteiger partial charge in [-0.1, -0.05) is 28.1 Å². The van der Waals surface area contributed by atoms with Crippen molar-refractivity contribution in [1.29, 1.82) is 5.26 Å². The molecule has 0 aromatic heterocycles. The van der Waals surface area contributed by atoms with Crippen molar-refractivity contribution < 1.29 is 4.79 Å². The van der Waals surface area contributed by atoms with E-state index in [0.717, 1.165) is 10.9 Å². The van der Waals surface area contributed by atoms with Crippen LogP contribution in [0.25, 0.3) is 0 Å². The van der Waals surface area contributed by atoms with E-state index in [2.05, 4.69) is 21.2 Å². The fourth-order valence-electron chi connectivity index (χ4n) is 1.26. The van der Waals surface area contributed by atoms with Crippen LogP contribution in [0.5, 0.6) is 0 Å². The second-order valence-electron chi connectivity index (χ2n) is 3.38. The van der Waals surface area contributed by atoms with Crippen LogP contribution in [-0.4, -0.2) is 12.5 Å². The first kappa shape index (κ1) is 12.7. The Morgan fingerprint density at radius 3 is 2.69 bits per heavy atom. The SMILES string of the molecule is N#CCCC(=O)NCCc1ccc(Br)cc1. The molecule has 0 aliphatic heterocycles. The quantitative estimate of drug-likeness (QED) is 0.901. The van der Waals surface area contributed by atoms with Crippen molar-refractivity contribution in [3.63, 3.8) is 0 Å². The minimum Gasteiger partial charge on any atom is -0.356 e. The summed E-state index contributed by atoms with van der Waals surface area (Å²) < 4.78 is 1.05. The Balaban J connectivity index is 2.23. The number of carbonyl (C=O) groups is 1. The highest BCUT2D eigenvalue weighted by atomic mass is 79.9. The topological polar surface area (TPSA) is 52.9 Å². The summed E-state index contributed by atoms with van der Waals surface area (Å²) in [5.41, 5.74) is 1.18. The summed E-state index contributed by atoms with van der Waals surface area (Å²) in [4.78, 5) is 11.2. The standard InChI is InChI=1S/C12H13BrN2O/c13-11-5-3-10(4-6-11)7-9-15-12(16)2-1-8-14/h3-6H,1-2,7,9H2,(H,15,16). The van der Waals surface area contributed by atoms with Gasteiger partial charge in [0.25, 0.3) is 0 Å². The second kappa shape index (κ2) is 7.02. The van der Waals surface area contributed by atoms with Crippen LogP contribution < -0.4 is 5.32 Å². The zero-order chi connectivity index (χ0) is 11.8. The van der Waals surface area contributed by atoms with Crippen LogP contribution in [0.15, 0.2) is 28.7 Å². The maximum absolute atomic E-state index is 11.2. The predicted octanol–water partition coefficient (Wildman–Crippen LogP) is 2.41. The molecule has 0 aliphatic rings. The predicted molar refractivity (Wildman–Crippen MR) is 65.7 cm³/mol. The molecule has 0 saturated heterocycles. The van der Waals surface area contributed by atoms with Crippen LogP contribution in [0.1, 0.15) is 18.4 Å². The molecular weight excluding hydrogens is 268 g/mol. The molecule has 1 rings (SSSR count). The summed E-state index contributed by atoms with van der Waals surface area (Å²) in [6.07, 6.45) is 1.38. The number of nitrogens with one attached hydrogen (secondary N) is 1.